The van der Waals surface area contributed by atoms with E-state index in [2.05, 4.69) is 14.9 Å². The summed E-state index contributed by atoms with van der Waals surface area (Å²) in [5.41, 5.74) is 7.41. The molecule has 1 amide bonds. The average molecular weight is 260 g/mol. The van der Waals surface area contributed by atoms with E-state index in [1.54, 1.807) is 12.4 Å². The highest BCUT2D eigenvalue weighted by atomic mass is 32.1. The number of amides is 1. The summed E-state index contributed by atoms with van der Waals surface area (Å²) in [7, 11) is 0. The fraction of sp³-hybridized carbons (Fsp3) is 0.250. The van der Waals surface area contributed by atoms with Crippen LogP contribution in [0.4, 0.5) is 5.69 Å². The topological polar surface area (TPSA) is 72.1 Å². The predicted molar refractivity (Wildman–Crippen MR) is 69.6 cm³/mol. The van der Waals surface area contributed by atoms with E-state index in [0.717, 1.165) is 35.8 Å². The number of pyridine rings is 1. The second-order valence-corrected chi connectivity index (χ2v) is 5.21. The SMILES string of the molecule is NC(=O)c1nc2c(s1)CN(c1ccncc1)CC2. The Morgan fingerprint density at radius 2 is 2.17 bits per heavy atom. The number of carbonyl (C=O) groups is 1. The van der Waals surface area contributed by atoms with Crippen LogP contribution in [0.2, 0.25) is 0 Å². The molecule has 0 aromatic carbocycles. The van der Waals surface area contributed by atoms with Crippen LogP contribution in [0.15, 0.2) is 24.5 Å². The molecule has 3 rings (SSSR count). The largest absolute Gasteiger partial charge is 0.366 e. The van der Waals surface area contributed by atoms with Crippen LogP contribution >= 0.6 is 11.3 Å². The third-order valence-electron chi connectivity index (χ3n) is 2.97. The zero-order valence-corrected chi connectivity index (χ0v) is 10.5. The van der Waals surface area contributed by atoms with Crippen molar-refractivity contribution in [3.8, 4) is 0 Å². The minimum atomic E-state index is -0.440. The molecule has 0 saturated heterocycles. The van der Waals surface area contributed by atoms with E-state index < -0.39 is 5.91 Å². The first-order valence-corrected chi connectivity index (χ1v) is 6.49. The highest BCUT2D eigenvalue weighted by Gasteiger charge is 2.22. The minimum absolute atomic E-state index is 0.413. The molecule has 3 heterocycles. The third kappa shape index (κ3) is 1.95. The summed E-state index contributed by atoms with van der Waals surface area (Å²) in [6.45, 7) is 1.68. The van der Waals surface area contributed by atoms with Gasteiger partial charge in [-0.3, -0.25) is 9.78 Å². The molecule has 0 bridgehead atoms. The maximum absolute atomic E-state index is 11.1. The molecule has 92 valence electrons. The maximum Gasteiger partial charge on any atom is 0.277 e. The number of thiazole rings is 1. The average Bonchev–Trinajstić information content (AvgIpc) is 2.82. The van der Waals surface area contributed by atoms with Crippen molar-refractivity contribution in [1.29, 1.82) is 0 Å². The summed E-state index contributed by atoms with van der Waals surface area (Å²) in [4.78, 5) is 22.8. The van der Waals surface area contributed by atoms with Gasteiger partial charge in [0.15, 0.2) is 5.01 Å². The van der Waals surface area contributed by atoms with Crippen LogP contribution in [0.1, 0.15) is 20.4 Å². The van der Waals surface area contributed by atoms with Crippen molar-refractivity contribution in [2.24, 2.45) is 5.73 Å². The summed E-state index contributed by atoms with van der Waals surface area (Å²) < 4.78 is 0. The molecule has 18 heavy (non-hydrogen) atoms. The van der Waals surface area contributed by atoms with Gasteiger partial charge in [0.25, 0.3) is 5.91 Å². The Labute approximate surface area is 108 Å². The number of fused-ring (bicyclic) bond motifs is 1. The van der Waals surface area contributed by atoms with Crippen LogP contribution in [0, 0.1) is 0 Å². The van der Waals surface area contributed by atoms with Gasteiger partial charge >= 0.3 is 0 Å². The molecule has 6 heteroatoms. The number of hydrogen-bond acceptors (Lipinski definition) is 5. The maximum atomic E-state index is 11.1. The predicted octanol–water partition coefficient (Wildman–Crippen LogP) is 1.20. The smallest absolute Gasteiger partial charge is 0.277 e. The second kappa shape index (κ2) is 4.38. The van der Waals surface area contributed by atoms with Gasteiger partial charge in [-0.25, -0.2) is 4.98 Å². The Morgan fingerprint density at radius 3 is 2.89 bits per heavy atom. The molecule has 0 spiro atoms. The van der Waals surface area contributed by atoms with Crippen LogP contribution in [0.5, 0.6) is 0 Å². The van der Waals surface area contributed by atoms with Gasteiger partial charge in [0.2, 0.25) is 0 Å². The van der Waals surface area contributed by atoms with Gasteiger partial charge in [0.05, 0.1) is 12.2 Å². The van der Waals surface area contributed by atoms with Crippen molar-refractivity contribution in [1.82, 2.24) is 9.97 Å². The molecule has 0 saturated carbocycles. The van der Waals surface area contributed by atoms with Gasteiger partial charge in [0.1, 0.15) is 0 Å². The molecule has 0 fully saturated rings. The molecule has 0 unspecified atom stereocenters. The zero-order chi connectivity index (χ0) is 12.5. The van der Waals surface area contributed by atoms with Crippen LogP contribution in [-0.2, 0) is 13.0 Å². The molecular formula is C12H12N4OS. The third-order valence-corrected chi connectivity index (χ3v) is 4.07. The molecule has 5 nitrogen and oxygen atoms in total. The normalized spacial score (nSPS) is 14.3. The highest BCUT2D eigenvalue weighted by molar-refractivity contribution is 7.13. The van der Waals surface area contributed by atoms with Crippen LogP contribution in [-0.4, -0.2) is 22.4 Å². The number of nitrogens with two attached hydrogens (primary N) is 1. The van der Waals surface area contributed by atoms with E-state index in [0.29, 0.717) is 5.01 Å². The van der Waals surface area contributed by atoms with Crippen molar-refractivity contribution < 1.29 is 4.79 Å². The summed E-state index contributed by atoms with van der Waals surface area (Å²) >= 11 is 1.40. The van der Waals surface area contributed by atoms with Gasteiger partial charge in [-0.05, 0) is 12.1 Å². The first-order valence-electron chi connectivity index (χ1n) is 5.67. The van der Waals surface area contributed by atoms with Gasteiger partial charge in [-0.15, -0.1) is 11.3 Å². The summed E-state index contributed by atoms with van der Waals surface area (Å²) in [6.07, 6.45) is 4.42. The first kappa shape index (κ1) is 11.2. The van der Waals surface area contributed by atoms with Crippen molar-refractivity contribution in [3.05, 3.63) is 40.1 Å². The highest BCUT2D eigenvalue weighted by Crippen LogP contribution is 2.27. The Bertz CT molecular complexity index is 581. The van der Waals surface area contributed by atoms with Crippen molar-refractivity contribution in [3.63, 3.8) is 0 Å². The summed E-state index contributed by atoms with van der Waals surface area (Å²) in [5.74, 6) is -0.440. The number of hydrogen-bond donors (Lipinski definition) is 1. The number of primary amides is 1. The Kier molecular flexibility index (Phi) is 2.71. The van der Waals surface area contributed by atoms with Gasteiger partial charge in [-0.2, -0.15) is 0 Å². The van der Waals surface area contributed by atoms with E-state index in [-0.39, 0.29) is 0 Å². The van der Waals surface area contributed by atoms with Crippen LogP contribution in [0.3, 0.4) is 0 Å². The number of nitrogens with zero attached hydrogens (tertiary/aromatic N) is 3. The van der Waals surface area contributed by atoms with Crippen molar-refractivity contribution in [2.75, 3.05) is 11.4 Å². The summed E-state index contributed by atoms with van der Waals surface area (Å²) in [5, 5.41) is 0.413. The van der Waals surface area contributed by atoms with Crippen molar-refractivity contribution in [2.45, 2.75) is 13.0 Å². The lowest BCUT2D eigenvalue weighted by Crippen LogP contribution is -2.29. The molecular weight excluding hydrogens is 248 g/mol. The minimum Gasteiger partial charge on any atom is -0.366 e. The van der Waals surface area contributed by atoms with E-state index in [4.69, 9.17) is 5.73 Å². The second-order valence-electron chi connectivity index (χ2n) is 4.13. The molecule has 2 aromatic rings. The van der Waals surface area contributed by atoms with E-state index in [1.807, 2.05) is 12.1 Å². The number of anilines is 1. The lowest BCUT2D eigenvalue weighted by Gasteiger charge is -2.27. The quantitative estimate of drug-likeness (QED) is 0.880. The monoisotopic (exact) mass is 260 g/mol. The van der Waals surface area contributed by atoms with Crippen LogP contribution in [0.25, 0.3) is 0 Å². The molecule has 1 aliphatic heterocycles. The van der Waals surface area contributed by atoms with E-state index in [1.165, 1.54) is 11.3 Å². The fourth-order valence-electron chi connectivity index (χ4n) is 2.08. The molecule has 2 aromatic heterocycles. The lowest BCUT2D eigenvalue weighted by molar-refractivity contribution is 0.1000. The molecule has 0 atom stereocenters. The van der Waals surface area contributed by atoms with Crippen LogP contribution < -0.4 is 10.6 Å². The zero-order valence-electron chi connectivity index (χ0n) is 9.67. The number of carbonyl (C=O) groups excluding carboxylic acids is 1. The van der Waals surface area contributed by atoms with Gasteiger partial charge < -0.3 is 10.6 Å². The Balaban J connectivity index is 1.87. The van der Waals surface area contributed by atoms with E-state index >= 15 is 0 Å². The number of rotatable bonds is 2. The molecule has 2 N–H and O–H groups in total. The number of aromatic nitrogens is 2. The van der Waals surface area contributed by atoms with Crippen molar-refractivity contribution >= 4 is 22.9 Å². The lowest BCUT2D eigenvalue weighted by atomic mass is 10.1. The van der Waals surface area contributed by atoms with Gasteiger partial charge in [0, 0.05) is 35.9 Å². The first-order chi connectivity index (χ1) is 8.74. The molecule has 0 aliphatic carbocycles. The Hall–Kier alpha value is -1.95. The molecule has 0 radical (unpaired) electrons. The van der Waals surface area contributed by atoms with E-state index in [9.17, 15) is 4.79 Å². The Morgan fingerprint density at radius 1 is 1.39 bits per heavy atom. The van der Waals surface area contributed by atoms with Gasteiger partial charge in [-0.1, -0.05) is 0 Å². The molecule has 1 aliphatic rings. The fourth-order valence-corrected chi connectivity index (χ4v) is 3.05. The summed E-state index contributed by atoms with van der Waals surface area (Å²) in [6, 6.07) is 3.97. The standard InChI is InChI=1S/C12H12N4OS/c13-11(17)12-15-9-3-6-16(7-10(9)18-12)8-1-4-14-5-2-8/h1-2,4-5H,3,6-7H2,(H2,13,17).